The molecule has 0 fully saturated rings. The van der Waals surface area contributed by atoms with Crippen LogP contribution < -0.4 is 15.4 Å². The van der Waals surface area contributed by atoms with Gasteiger partial charge in [0.15, 0.2) is 0 Å². The molecule has 5 heteroatoms. The van der Waals surface area contributed by atoms with Crippen LogP contribution in [0.2, 0.25) is 0 Å². The van der Waals surface area contributed by atoms with Crippen LogP contribution >= 0.6 is 0 Å². The fraction of sp³-hybridized carbons (Fsp3) is 0.130. The van der Waals surface area contributed by atoms with Crippen LogP contribution in [0.1, 0.15) is 22.7 Å². The predicted octanol–water partition coefficient (Wildman–Crippen LogP) is 3.22. The predicted molar refractivity (Wildman–Crippen MR) is 108 cm³/mol. The first-order valence-electron chi connectivity index (χ1n) is 8.99. The molecule has 28 heavy (non-hydrogen) atoms. The second-order valence-electron chi connectivity index (χ2n) is 6.26. The average molecular weight is 374 g/mol. The highest BCUT2D eigenvalue weighted by Gasteiger charge is 2.21. The van der Waals surface area contributed by atoms with E-state index in [1.54, 1.807) is 7.11 Å². The topological polar surface area (TPSA) is 67.4 Å². The highest BCUT2D eigenvalue weighted by Crippen LogP contribution is 2.21. The van der Waals surface area contributed by atoms with Gasteiger partial charge in [0.25, 0.3) is 0 Å². The second kappa shape index (κ2) is 9.37. The third-order valence-electron chi connectivity index (χ3n) is 4.36. The van der Waals surface area contributed by atoms with Crippen molar-refractivity contribution < 1.29 is 14.3 Å². The van der Waals surface area contributed by atoms with E-state index < -0.39 is 17.9 Å². The Morgan fingerprint density at radius 3 is 1.82 bits per heavy atom. The van der Waals surface area contributed by atoms with Crippen molar-refractivity contribution in [3.63, 3.8) is 0 Å². The Kier molecular flexibility index (Phi) is 6.41. The summed E-state index contributed by atoms with van der Waals surface area (Å²) in [6, 6.07) is 26.0. The molecule has 0 unspecified atom stereocenters. The van der Waals surface area contributed by atoms with E-state index in [1.807, 2.05) is 84.9 Å². The van der Waals surface area contributed by atoms with Gasteiger partial charge in [-0.3, -0.25) is 9.59 Å². The summed E-state index contributed by atoms with van der Waals surface area (Å²) in [5.41, 5.74) is 2.69. The molecule has 0 saturated heterocycles. The number of rotatable bonds is 6. The van der Waals surface area contributed by atoms with E-state index in [9.17, 15) is 9.59 Å². The van der Waals surface area contributed by atoms with Gasteiger partial charge in [0.05, 0.1) is 13.2 Å². The molecule has 3 rings (SSSR count). The Morgan fingerprint density at radius 2 is 1.32 bits per heavy atom. The number of methoxy groups -OCH3 is 1. The minimum atomic E-state index is -0.675. The molecule has 0 bridgehead atoms. The van der Waals surface area contributed by atoms with Gasteiger partial charge in [-0.1, -0.05) is 72.8 Å². The van der Waals surface area contributed by atoms with Gasteiger partial charge < -0.3 is 15.4 Å². The average Bonchev–Trinajstić information content (AvgIpc) is 2.77. The summed E-state index contributed by atoms with van der Waals surface area (Å²) < 4.78 is 5.11. The first kappa shape index (κ1) is 19.2. The number of nitrogens with one attached hydrogen (secondary N) is 2. The molecule has 0 heterocycles. The number of hydrogen-bond donors (Lipinski definition) is 2. The van der Waals surface area contributed by atoms with E-state index in [1.165, 1.54) is 0 Å². The Labute approximate surface area is 164 Å². The van der Waals surface area contributed by atoms with Crippen molar-refractivity contribution in [3.8, 4) is 5.75 Å². The number of benzene rings is 3. The molecule has 0 aromatic heterocycles. The van der Waals surface area contributed by atoms with Crippen LogP contribution in [0.5, 0.6) is 5.75 Å². The van der Waals surface area contributed by atoms with Crippen LogP contribution in [0.3, 0.4) is 0 Å². The molecular formula is C23H22N2O3. The van der Waals surface area contributed by atoms with Gasteiger partial charge >= 0.3 is 11.8 Å². The summed E-state index contributed by atoms with van der Waals surface area (Å²) >= 11 is 0. The minimum Gasteiger partial charge on any atom is -0.497 e. The zero-order chi connectivity index (χ0) is 19.8. The molecule has 5 nitrogen and oxygen atoms in total. The fourth-order valence-corrected chi connectivity index (χ4v) is 2.85. The third-order valence-corrected chi connectivity index (χ3v) is 4.36. The van der Waals surface area contributed by atoms with Gasteiger partial charge in [-0.15, -0.1) is 0 Å². The number of carbonyl (C=O) groups excluding carboxylic acids is 2. The summed E-state index contributed by atoms with van der Waals surface area (Å²) in [7, 11) is 1.59. The van der Waals surface area contributed by atoms with E-state index in [4.69, 9.17) is 4.74 Å². The summed E-state index contributed by atoms with van der Waals surface area (Å²) in [6.07, 6.45) is 0. The number of ether oxygens (including phenoxy) is 1. The van der Waals surface area contributed by atoms with E-state index in [2.05, 4.69) is 10.6 Å². The first-order valence-corrected chi connectivity index (χ1v) is 8.99. The maximum absolute atomic E-state index is 12.5. The Hall–Kier alpha value is -3.60. The molecule has 0 aliphatic rings. The van der Waals surface area contributed by atoms with E-state index in [0.717, 1.165) is 22.4 Å². The molecule has 0 saturated carbocycles. The van der Waals surface area contributed by atoms with Crippen molar-refractivity contribution in [2.45, 2.75) is 12.6 Å². The lowest BCUT2D eigenvalue weighted by atomic mass is 9.99. The molecule has 3 aromatic carbocycles. The SMILES string of the molecule is COc1ccc(CNC(=O)C(=O)NC(c2ccccc2)c2ccccc2)cc1. The van der Waals surface area contributed by atoms with Crippen molar-refractivity contribution in [3.05, 3.63) is 102 Å². The fourth-order valence-electron chi connectivity index (χ4n) is 2.85. The lowest BCUT2D eigenvalue weighted by molar-refractivity contribution is -0.139. The smallest absolute Gasteiger partial charge is 0.310 e. The van der Waals surface area contributed by atoms with Crippen molar-refractivity contribution in [2.24, 2.45) is 0 Å². The normalized spacial score (nSPS) is 10.4. The molecule has 0 spiro atoms. The number of hydrogen-bond acceptors (Lipinski definition) is 3. The Bertz CT molecular complexity index is 870. The lowest BCUT2D eigenvalue weighted by Crippen LogP contribution is -2.41. The largest absolute Gasteiger partial charge is 0.497 e. The standard InChI is InChI=1S/C23H22N2O3/c1-28-20-14-12-17(13-15-20)16-24-22(26)23(27)25-21(18-8-4-2-5-9-18)19-10-6-3-7-11-19/h2-15,21H,16H2,1H3,(H,24,26)(H,25,27). The van der Waals surface area contributed by atoms with Gasteiger partial charge in [-0.05, 0) is 28.8 Å². The number of carbonyl (C=O) groups is 2. The van der Waals surface area contributed by atoms with Crippen LogP contribution in [-0.2, 0) is 16.1 Å². The zero-order valence-corrected chi connectivity index (χ0v) is 15.6. The quantitative estimate of drug-likeness (QED) is 0.651. The number of amides is 2. The molecule has 2 amide bonds. The molecule has 0 atom stereocenters. The first-order chi connectivity index (χ1) is 13.7. The summed E-state index contributed by atoms with van der Waals surface area (Å²) in [5.74, 6) is -0.611. The van der Waals surface area contributed by atoms with Gasteiger partial charge in [0.1, 0.15) is 5.75 Å². The van der Waals surface area contributed by atoms with Crippen LogP contribution in [0, 0.1) is 0 Å². The van der Waals surface area contributed by atoms with Crippen molar-refractivity contribution >= 4 is 11.8 Å². The van der Waals surface area contributed by atoms with Crippen molar-refractivity contribution in [2.75, 3.05) is 7.11 Å². The zero-order valence-electron chi connectivity index (χ0n) is 15.6. The van der Waals surface area contributed by atoms with E-state index in [-0.39, 0.29) is 6.54 Å². The molecule has 0 aliphatic heterocycles. The molecule has 0 radical (unpaired) electrons. The van der Waals surface area contributed by atoms with Gasteiger partial charge in [-0.2, -0.15) is 0 Å². The molecule has 0 aliphatic carbocycles. The minimum absolute atomic E-state index is 0.261. The molecule has 3 aromatic rings. The van der Waals surface area contributed by atoms with Gasteiger partial charge in [0.2, 0.25) is 0 Å². The maximum Gasteiger partial charge on any atom is 0.310 e. The summed E-state index contributed by atoms with van der Waals surface area (Å²) in [4.78, 5) is 24.8. The lowest BCUT2D eigenvalue weighted by Gasteiger charge is -2.19. The summed E-state index contributed by atoms with van der Waals surface area (Å²) in [5, 5.41) is 5.49. The highest BCUT2D eigenvalue weighted by molar-refractivity contribution is 6.35. The Balaban J connectivity index is 1.66. The molecular weight excluding hydrogens is 352 g/mol. The third kappa shape index (κ3) is 4.98. The van der Waals surface area contributed by atoms with Crippen LogP contribution in [0.15, 0.2) is 84.9 Å². The molecule has 142 valence electrons. The van der Waals surface area contributed by atoms with E-state index >= 15 is 0 Å². The van der Waals surface area contributed by atoms with Crippen LogP contribution in [-0.4, -0.2) is 18.9 Å². The maximum atomic E-state index is 12.5. The van der Waals surface area contributed by atoms with Crippen molar-refractivity contribution in [1.29, 1.82) is 0 Å². The van der Waals surface area contributed by atoms with Gasteiger partial charge in [-0.25, -0.2) is 0 Å². The van der Waals surface area contributed by atoms with E-state index in [0.29, 0.717) is 0 Å². The second-order valence-corrected chi connectivity index (χ2v) is 6.26. The van der Waals surface area contributed by atoms with Gasteiger partial charge in [0, 0.05) is 6.54 Å². The van der Waals surface area contributed by atoms with Crippen molar-refractivity contribution in [1.82, 2.24) is 10.6 Å². The highest BCUT2D eigenvalue weighted by atomic mass is 16.5. The molecule has 2 N–H and O–H groups in total. The van der Waals surface area contributed by atoms with Crippen LogP contribution in [0.4, 0.5) is 0 Å². The van der Waals surface area contributed by atoms with Crippen LogP contribution in [0.25, 0.3) is 0 Å². The Morgan fingerprint density at radius 1 is 0.786 bits per heavy atom. The monoisotopic (exact) mass is 374 g/mol. The summed E-state index contributed by atoms with van der Waals surface area (Å²) in [6.45, 7) is 0.261.